The summed E-state index contributed by atoms with van der Waals surface area (Å²) in [6, 6.07) is 0. The topological polar surface area (TPSA) is 63.6 Å². The first-order valence-electron chi connectivity index (χ1n) is 8.44. The molecule has 0 bridgehead atoms. The Morgan fingerprint density at radius 2 is 1.83 bits per heavy atom. The highest BCUT2D eigenvalue weighted by atomic mass is 16.6. The molecule has 0 aliphatic carbocycles. The summed E-state index contributed by atoms with van der Waals surface area (Å²) in [5.41, 5.74) is 4.00. The van der Waals surface area contributed by atoms with Crippen molar-refractivity contribution in [2.45, 2.75) is 65.6 Å². The molecule has 132 valence electrons. The molecule has 1 aliphatic heterocycles. The maximum Gasteiger partial charge on any atom is 0.333 e. The fourth-order valence-electron chi connectivity index (χ4n) is 2.45. The number of aldehydes is 1. The SMILES string of the molecule is CC(C)=CCCC(C)=CCCC(C=O)=CCCC1=CC(=O)OC1O. The Balaban J connectivity index is 2.36. The minimum atomic E-state index is -1.13. The Hall–Kier alpha value is -1.94. The molecule has 0 amide bonds. The first-order chi connectivity index (χ1) is 11.4. The molecule has 1 heterocycles. The van der Waals surface area contributed by atoms with Crippen LogP contribution >= 0.6 is 0 Å². The summed E-state index contributed by atoms with van der Waals surface area (Å²) >= 11 is 0. The van der Waals surface area contributed by atoms with Crippen LogP contribution in [-0.2, 0) is 14.3 Å². The van der Waals surface area contributed by atoms with Crippen LogP contribution < -0.4 is 0 Å². The van der Waals surface area contributed by atoms with Gasteiger partial charge in [-0.05, 0) is 64.9 Å². The predicted octanol–water partition coefficient (Wildman–Crippen LogP) is 4.17. The van der Waals surface area contributed by atoms with E-state index in [1.807, 2.05) is 6.08 Å². The van der Waals surface area contributed by atoms with E-state index in [-0.39, 0.29) is 0 Å². The summed E-state index contributed by atoms with van der Waals surface area (Å²) in [6.07, 6.45) is 12.1. The van der Waals surface area contributed by atoms with Crippen LogP contribution in [0.1, 0.15) is 59.3 Å². The number of rotatable bonds is 10. The lowest BCUT2D eigenvalue weighted by molar-refractivity contribution is -0.151. The van der Waals surface area contributed by atoms with E-state index in [2.05, 4.69) is 37.7 Å². The lowest BCUT2D eigenvalue weighted by Gasteiger charge is -2.06. The van der Waals surface area contributed by atoms with E-state index < -0.39 is 12.3 Å². The van der Waals surface area contributed by atoms with Gasteiger partial charge in [-0.15, -0.1) is 0 Å². The fourth-order valence-corrected chi connectivity index (χ4v) is 2.45. The number of aliphatic hydroxyl groups excluding tert-OH is 1. The normalized spacial score (nSPS) is 18.2. The van der Waals surface area contributed by atoms with Gasteiger partial charge in [-0.1, -0.05) is 29.4 Å². The molecule has 1 N–H and O–H groups in total. The minimum absolute atomic E-state index is 0.509. The van der Waals surface area contributed by atoms with Crippen LogP contribution in [0.3, 0.4) is 0 Å². The highest BCUT2D eigenvalue weighted by molar-refractivity contribution is 5.85. The molecule has 1 rings (SSSR count). The largest absolute Gasteiger partial charge is 0.429 e. The second kappa shape index (κ2) is 10.8. The van der Waals surface area contributed by atoms with E-state index >= 15 is 0 Å². The van der Waals surface area contributed by atoms with Gasteiger partial charge in [-0.25, -0.2) is 4.79 Å². The van der Waals surface area contributed by atoms with E-state index in [4.69, 9.17) is 0 Å². The molecule has 24 heavy (non-hydrogen) atoms. The van der Waals surface area contributed by atoms with Gasteiger partial charge < -0.3 is 9.84 Å². The molecule has 4 nitrogen and oxygen atoms in total. The zero-order valence-corrected chi connectivity index (χ0v) is 14.9. The number of carbonyl (C=O) groups excluding carboxylic acids is 2. The summed E-state index contributed by atoms with van der Waals surface area (Å²) in [7, 11) is 0. The van der Waals surface area contributed by atoms with Gasteiger partial charge in [0, 0.05) is 11.6 Å². The number of esters is 1. The van der Waals surface area contributed by atoms with Crippen LogP contribution in [0.2, 0.25) is 0 Å². The first kappa shape index (κ1) is 20.1. The van der Waals surface area contributed by atoms with E-state index in [0.29, 0.717) is 24.8 Å². The Morgan fingerprint density at radius 1 is 1.12 bits per heavy atom. The highest BCUT2D eigenvalue weighted by Crippen LogP contribution is 2.19. The number of ether oxygens (including phenoxy) is 1. The summed E-state index contributed by atoms with van der Waals surface area (Å²) < 4.78 is 4.62. The van der Waals surface area contributed by atoms with Crippen LogP contribution in [0.4, 0.5) is 0 Å². The smallest absolute Gasteiger partial charge is 0.333 e. The van der Waals surface area contributed by atoms with Crippen molar-refractivity contribution in [3.05, 3.63) is 46.6 Å². The van der Waals surface area contributed by atoms with Crippen LogP contribution in [-0.4, -0.2) is 23.7 Å². The van der Waals surface area contributed by atoms with Crippen LogP contribution in [0, 0.1) is 0 Å². The molecular weight excluding hydrogens is 304 g/mol. The van der Waals surface area contributed by atoms with E-state index in [1.54, 1.807) is 0 Å². The number of carbonyl (C=O) groups is 2. The van der Waals surface area contributed by atoms with Crippen molar-refractivity contribution in [1.29, 1.82) is 0 Å². The van der Waals surface area contributed by atoms with Crippen LogP contribution in [0.25, 0.3) is 0 Å². The third-order valence-corrected chi connectivity index (χ3v) is 3.86. The molecule has 1 atom stereocenters. The summed E-state index contributed by atoms with van der Waals surface area (Å²) in [5.74, 6) is -0.509. The van der Waals surface area contributed by atoms with Gasteiger partial charge in [-0.2, -0.15) is 0 Å². The van der Waals surface area contributed by atoms with Crippen molar-refractivity contribution in [1.82, 2.24) is 0 Å². The van der Waals surface area contributed by atoms with Gasteiger partial charge >= 0.3 is 5.97 Å². The second-order valence-electron chi connectivity index (χ2n) is 6.35. The number of aliphatic hydroxyl groups is 1. The second-order valence-corrected chi connectivity index (χ2v) is 6.35. The van der Waals surface area contributed by atoms with Crippen molar-refractivity contribution < 1.29 is 19.4 Å². The van der Waals surface area contributed by atoms with Crippen molar-refractivity contribution in [3.8, 4) is 0 Å². The fraction of sp³-hybridized carbons (Fsp3) is 0.500. The van der Waals surface area contributed by atoms with Gasteiger partial charge in [0.1, 0.15) is 6.29 Å². The quantitative estimate of drug-likeness (QED) is 0.282. The molecule has 4 heteroatoms. The first-order valence-corrected chi connectivity index (χ1v) is 8.44. The monoisotopic (exact) mass is 332 g/mol. The Bertz CT molecular complexity index is 560. The summed E-state index contributed by atoms with van der Waals surface area (Å²) in [5, 5.41) is 9.48. The standard InChI is InChI=1S/C20H28O4/c1-15(2)7-4-8-16(3)9-5-10-17(14-21)11-6-12-18-13-19(22)24-20(18)23/h7,9,11,13-14,20,23H,4-6,8,10,12H2,1-3H3. The number of cyclic esters (lactones) is 1. The molecular formula is C20H28O4. The Morgan fingerprint density at radius 3 is 2.42 bits per heavy atom. The minimum Gasteiger partial charge on any atom is -0.429 e. The zero-order valence-electron chi connectivity index (χ0n) is 14.9. The molecule has 0 aromatic heterocycles. The van der Waals surface area contributed by atoms with Crippen molar-refractivity contribution in [3.63, 3.8) is 0 Å². The lowest BCUT2D eigenvalue weighted by atomic mass is 10.0. The van der Waals surface area contributed by atoms with Crippen molar-refractivity contribution >= 4 is 12.3 Å². The Labute approximate surface area is 144 Å². The lowest BCUT2D eigenvalue weighted by Crippen LogP contribution is -2.09. The average Bonchev–Trinajstić information content (AvgIpc) is 2.83. The van der Waals surface area contributed by atoms with E-state index in [0.717, 1.165) is 31.1 Å². The summed E-state index contributed by atoms with van der Waals surface area (Å²) in [6.45, 7) is 6.32. The van der Waals surface area contributed by atoms with Gasteiger partial charge in [0.15, 0.2) is 0 Å². The van der Waals surface area contributed by atoms with Crippen molar-refractivity contribution in [2.75, 3.05) is 0 Å². The van der Waals surface area contributed by atoms with E-state index in [9.17, 15) is 14.7 Å². The molecule has 0 saturated carbocycles. The maximum atomic E-state index is 11.1. The zero-order chi connectivity index (χ0) is 17.9. The maximum absolute atomic E-state index is 11.1. The van der Waals surface area contributed by atoms with Crippen LogP contribution in [0.15, 0.2) is 46.6 Å². The van der Waals surface area contributed by atoms with Gasteiger partial charge in [0.05, 0.1) is 0 Å². The average molecular weight is 332 g/mol. The Kier molecular flexibility index (Phi) is 9.02. The van der Waals surface area contributed by atoms with E-state index in [1.165, 1.54) is 17.2 Å². The predicted molar refractivity (Wildman–Crippen MR) is 95.2 cm³/mol. The molecule has 0 spiro atoms. The third kappa shape index (κ3) is 8.06. The molecule has 0 fully saturated rings. The van der Waals surface area contributed by atoms with Crippen LogP contribution in [0.5, 0.6) is 0 Å². The summed E-state index contributed by atoms with van der Waals surface area (Å²) in [4.78, 5) is 22.1. The van der Waals surface area contributed by atoms with Gasteiger partial charge in [0.25, 0.3) is 0 Å². The molecule has 0 aromatic rings. The number of hydrogen-bond acceptors (Lipinski definition) is 4. The third-order valence-electron chi connectivity index (χ3n) is 3.86. The van der Waals surface area contributed by atoms with Crippen molar-refractivity contribution in [2.24, 2.45) is 0 Å². The molecule has 1 aliphatic rings. The molecule has 0 aromatic carbocycles. The molecule has 1 unspecified atom stereocenters. The number of hydrogen-bond donors (Lipinski definition) is 1. The highest BCUT2D eigenvalue weighted by Gasteiger charge is 2.22. The number of allylic oxidation sites excluding steroid dienone is 6. The van der Waals surface area contributed by atoms with Gasteiger partial charge in [0.2, 0.25) is 6.29 Å². The molecule has 0 saturated heterocycles. The molecule has 0 radical (unpaired) electrons. The van der Waals surface area contributed by atoms with Gasteiger partial charge in [-0.3, -0.25) is 4.79 Å².